The van der Waals surface area contributed by atoms with Gasteiger partial charge >= 0.3 is 0 Å². The van der Waals surface area contributed by atoms with Crippen LogP contribution in [0.1, 0.15) is 0 Å². The van der Waals surface area contributed by atoms with E-state index in [1.807, 2.05) is 50.6 Å². The van der Waals surface area contributed by atoms with Crippen LogP contribution in [0.3, 0.4) is 0 Å². The summed E-state index contributed by atoms with van der Waals surface area (Å²) in [6.07, 6.45) is 10.7. The summed E-state index contributed by atoms with van der Waals surface area (Å²) < 4.78 is 0. The maximum absolute atomic E-state index is 4.74. The predicted molar refractivity (Wildman–Crippen MR) is 145 cm³/mol. The number of hydrogen-bond acceptors (Lipinski definition) is 8. The first-order valence-electron chi connectivity index (χ1n) is 11.7. The Hall–Kier alpha value is -4.96. The van der Waals surface area contributed by atoms with E-state index in [-0.39, 0.29) is 0 Å². The van der Waals surface area contributed by atoms with Crippen LogP contribution < -0.4 is 5.32 Å². The Morgan fingerprint density at radius 3 is 2.73 bits per heavy atom. The molecule has 0 bridgehead atoms. The minimum absolute atomic E-state index is 0.614. The summed E-state index contributed by atoms with van der Waals surface area (Å²) in [5.74, 6) is 0.621. The lowest BCUT2D eigenvalue weighted by molar-refractivity contribution is 0.447. The number of pyridine rings is 4. The van der Waals surface area contributed by atoms with Gasteiger partial charge in [0.2, 0.25) is 0 Å². The molecule has 6 heterocycles. The van der Waals surface area contributed by atoms with Gasteiger partial charge < -0.3 is 15.2 Å². The summed E-state index contributed by atoms with van der Waals surface area (Å²) in [4.78, 5) is 27.9. The first-order chi connectivity index (χ1) is 18.0. The molecular formula is C27H24N10. The first-order valence-corrected chi connectivity index (χ1v) is 11.7. The van der Waals surface area contributed by atoms with Gasteiger partial charge in [0.25, 0.3) is 0 Å². The Bertz CT molecular complexity index is 1730. The summed E-state index contributed by atoms with van der Waals surface area (Å²) in [6, 6.07) is 9.87. The third-order valence-corrected chi connectivity index (χ3v) is 5.90. The van der Waals surface area contributed by atoms with E-state index in [9.17, 15) is 0 Å². The largest absolute Gasteiger partial charge is 0.357 e. The molecule has 6 aromatic heterocycles. The van der Waals surface area contributed by atoms with Crippen LogP contribution >= 0.6 is 0 Å². The van der Waals surface area contributed by atoms with E-state index < -0.39 is 0 Å². The van der Waals surface area contributed by atoms with Crippen LogP contribution in [0.25, 0.3) is 56.0 Å². The van der Waals surface area contributed by atoms with Gasteiger partial charge in [-0.05, 0) is 38.4 Å². The SMILES string of the molecule is C=C(CN(C)C)Nc1cncc(-c2cc3c(-c4nc5nccc(-c6cccnc6)c5[nH]4)n[nH]c3cn2)c1. The van der Waals surface area contributed by atoms with Gasteiger partial charge in [0.05, 0.1) is 34.8 Å². The second-order valence-corrected chi connectivity index (χ2v) is 9.00. The van der Waals surface area contributed by atoms with Crippen molar-refractivity contribution in [3.05, 3.63) is 79.8 Å². The zero-order valence-corrected chi connectivity index (χ0v) is 20.4. The van der Waals surface area contributed by atoms with E-state index in [0.717, 1.165) is 56.7 Å². The molecular weight excluding hydrogens is 464 g/mol. The van der Waals surface area contributed by atoms with Crippen LogP contribution in [-0.4, -0.2) is 65.6 Å². The van der Waals surface area contributed by atoms with Crippen molar-refractivity contribution in [2.24, 2.45) is 0 Å². The molecule has 0 amide bonds. The summed E-state index contributed by atoms with van der Waals surface area (Å²) >= 11 is 0. The molecule has 0 saturated carbocycles. The van der Waals surface area contributed by atoms with Gasteiger partial charge in [-0.15, -0.1) is 0 Å². The van der Waals surface area contributed by atoms with Crippen LogP contribution in [-0.2, 0) is 0 Å². The van der Waals surface area contributed by atoms with Gasteiger partial charge in [0.15, 0.2) is 11.5 Å². The molecule has 0 radical (unpaired) electrons. The second-order valence-electron chi connectivity index (χ2n) is 9.00. The highest BCUT2D eigenvalue weighted by Crippen LogP contribution is 2.31. The predicted octanol–water partition coefficient (Wildman–Crippen LogP) is 4.51. The molecule has 10 heteroatoms. The normalized spacial score (nSPS) is 11.4. The lowest BCUT2D eigenvalue weighted by atomic mass is 10.1. The Balaban J connectivity index is 1.38. The van der Waals surface area contributed by atoms with E-state index in [2.05, 4.69) is 51.9 Å². The third-order valence-electron chi connectivity index (χ3n) is 5.90. The average Bonchev–Trinajstić information content (AvgIpc) is 3.52. The first kappa shape index (κ1) is 22.5. The van der Waals surface area contributed by atoms with Gasteiger partial charge in [-0.3, -0.25) is 20.1 Å². The second kappa shape index (κ2) is 9.25. The number of likely N-dealkylation sites (N-methyl/N-ethyl adjacent to an activating group) is 1. The molecule has 0 spiro atoms. The highest BCUT2D eigenvalue weighted by molar-refractivity contribution is 5.96. The highest BCUT2D eigenvalue weighted by Gasteiger charge is 2.17. The number of imidazole rings is 1. The molecule has 6 rings (SSSR count). The van der Waals surface area contributed by atoms with Crippen molar-refractivity contribution in [2.75, 3.05) is 26.0 Å². The molecule has 0 atom stereocenters. The Kier molecular flexibility index (Phi) is 5.62. The molecule has 6 aromatic rings. The Labute approximate surface area is 212 Å². The van der Waals surface area contributed by atoms with Crippen LogP contribution in [0, 0.1) is 0 Å². The summed E-state index contributed by atoms with van der Waals surface area (Å²) in [5, 5.41) is 11.8. The number of nitrogens with zero attached hydrogens (tertiary/aromatic N) is 7. The van der Waals surface area contributed by atoms with E-state index in [1.165, 1.54) is 0 Å². The standard InChI is InChI=1S/C27H24N10/c1-16(15-37(2)3)32-19-9-18(12-29-13-19)22-10-21-23(14-31-22)35-36-25(21)27-33-24-20(6-8-30-26(24)34-27)17-5-4-7-28-11-17/h4-14,32H,1,15H2,2-3H3,(H,35,36)(H,30,33,34). The van der Waals surface area contributed by atoms with Crippen molar-refractivity contribution in [1.29, 1.82) is 0 Å². The topological polar surface area (TPSA) is 124 Å². The number of H-pyrrole nitrogens is 2. The van der Waals surface area contributed by atoms with Crippen LogP contribution in [0.5, 0.6) is 0 Å². The molecule has 3 N–H and O–H groups in total. The fourth-order valence-electron chi connectivity index (χ4n) is 4.31. The molecule has 37 heavy (non-hydrogen) atoms. The number of anilines is 1. The molecule has 182 valence electrons. The van der Waals surface area contributed by atoms with Gasteiger partial charge in [-0.1, -0.05) is 12.6 Å². The van der Waals surface area contributed by atoms with Crippen LogP contribution in [0.4, 0.5) is 5.69 Å². The fraction of sp³-hybridized carbons (Fsp3) is 0.111. The molecule has 0 fully saturated rings. The maximum Gasteiger partial charge on any atom is 0.178 e. The fourth-order valence-corrected chi connectivity index (χ4v) is 4.31. The Morgan fingerprint density at radius 2 is 1.89 bits per heavy atom. The number of aromatic amines is 2. The van der Waals surface area contributed by atoms with Crippen molar-refractivity contribution in [1.82, 2.24) is 45.0 Å². The maximum atomic E-state index is 4.74. The monoisotopic (exact) mass is 488 g/mol. The number of rotatable bonds is 7. The molecule has 0 saturated heterocycles. The Morgan fingerprint density at radius 1 is 1.00 bits per heavy atom. The van der Waals surface area contributed by atoms with Crippen LogP contribution in [0.2, 0.25) is 0 Å². The third kappa shape index (κ3) is 4.41. The zero-order chi connectivity index (χ0) is 25.4. The van der Waals surface area contributed by atoms with Crippen molar-refractivity contribution in [2.45, 2.75) is 0 Å². The average molecular weight is 489 g/mol. The highest BCUT2D eigenvalue weighted by atomic mass is 15.1. The molecule has 0 aliphatic rings. The van der Waals surface area contributed by atoms with Crippen molar-refractivity contribution >= 4 is 27.8 Å². The lowest BCUT2D eigenvalue weighted by Gasteiger charge is -2.14. The van der Waals surface area contributed by atoms with Crippen LogP contribution in [0.15, 0.2) is 79.8 Å². The van der Waals surface area contributed by atoms with Gasteiger partial charge in [-0.25, -0.2) is 9.97 Å². The summed E-state index contributed by atoms with van der Waals surface area (Å²) in [5.41, 5.74) is 8.29. The van der Waals surface area contributed by atoms with Gasteiger partial charge in [0, 0.05) is 59.1 Å². The van der Waals surface area contributed by atoms with Crippen molar-refractivity contribution < 1.29 is 0 Å². The zero-order valence-electron chi connectivity index (χ0n) is 20.4. The molecule has 10 nitrogen and oxygen atoms in total. The van der Waals surface area contributed by atoms with E-state index in [4.69, 9.17) is 4.98 Å². The number of hydrogen-bond donors (Lipinski definition) is 3. The quantitative estimate of drug-likeness (QED) is 0.300. The molecule has 0 unspecified atom stereocenters. The van der Waals surface area contributed by atoms with Gasteiger partial charge in [0.1, 0.15) is 5.69 Å². The van der Waals surface area contributed by atoms with Gasteiger partial charge in [-0.2, -0.15) is 5.10 Å². The molecule has 0 aliphatic heterocycles. The minimum atomic E-state index is 0.614. The van der Waals surface area contributed by atoms with E-state index in [0.29, 0.717) is 17.2 Å². The smallest absolute Gasteiger partial charge is 0.178 e. The van der Waals surface area contributed by atoms with Crippen molar-refractivity contribution in [3.8, 4) is 33.9 Å². The number of fused-ring (bicyclic) bond motifs is 2. The summed E-state index contributed by atoms with van der Waals surface area (Å²) in [6.45, 7) is 4.81. The number of nitrogens with one attached hydrogen (secondary N) is 3. The number of aromatic nitrogens is 8. The lowest BCUT2D eigenvalue weighted by Crippen LogP contribution is -2.18. The van der Waals surface area contributed by atoms with E-state index in [1.54, 1.807) is 31.0 Å². The molecule has 0 aliphatic carbocycles. The summed E-state index contributed by atoms with van der Waals surface area (Å²) in [7, 11) is 4.00. The van der Waals surface area contributed by atoms with E-state index >= 15 is 0 Å². The van der Waals surface area contributed by atoms with Crippen molar-refractivity contribution in [3.63, 3.8) is 0 Å². The molecule has 0 aromatic carbocycles. The minimum Gasteiger partial charge on any atom is -0.357 e.